The predicted molar refractivity (Wildman–Crippen MR) is 83.3 cm³/mol. The van der Waals surface area contributed by atoms with Crippen LogP contribution in [0.25, 0.3) is 0 Å². The molecule has 0 saturated carbocycles. The Morgan fingerprint density at radius 3 is 2.95 bits per heavy atom. The van der Waals surface area contributed by atoms with Crippen LogP contribution in [0, 0.1) is 11.3 Å². The molecule has 1 heterocycles. The molecule has 2 aromatic rings. The average molecular weight is 279 g/mol. The number of hydrogen-bond acceptors (Lipinski definition) is 4. The van der Waals surface area contributed by atoms with E-state index in [4.69, 9.17) is 10.5 Å². The first-order valence-corrected chi connectivity index (χ1v) is 6.92. The lowest BCUT2D eigenvalue weighted by molar-refractivity contribution is 0.413. The highest BCUT2D eigenvalue weighted by Gasteiger charge is 2.21. The van der Waals surface area contributed by atoms with Crippen LogP contribution in [0.15, 0.2) is 36.4 Å². The summed E-state index contributed by atoms with van der Waals surface area (Å²) in [7, 11) is 1.58. The third-order valence-corrected chi connectivity index (χ3v) is 3.88. The normalized spacial score (nSPS) is 12.9. The smallest absolute Gasteiger partial charge is 0.136 e. The fourth-order valence-electron chi connectivity index (χ4n) is 2.89. The van der Waals surface area contributed by atoms with E-state index in [-0.39, 0.29) is 0 Å². The average Bonchev–Trinajstić information content (AvgIpc) is 2.91. The van der Waals surface area contributed by atoms with Crippen LogP contribution in [0.5, 0.6) is 5.75 Å². The lowest BCUT2D eigenvalue weighted by Gasteiger charge is -2.21. The summed E-state index contributed by atoms with van der Waals surface area (Å²) < 4.78 is 5.18. The second-order valence-corrected chi connectivity index (χ2v) is 5.17. The fraction of sp³-hybridized carbons (Fsp3) is 0.235. The number of nitrogens with zero attached hydrogens (tertiary/aromatic N) is 2. The zero-order valence-corrected chi connectivity index (χ0v) is 12.0. The first-order valence-electron chi connectivity index (χ1n) is 6.92. The lowest BCUT2D eigenvalue weighted by atomic mass is 10.1. The number of anilines is 2. The van der Waals surface area contributed by atoms with Gasteiger partial charge >= 0.3 is 0 Å². The van der Waals surface area contributed by atoms with Crippen LogP contribution >= 0.6 is 0 Å². The predicted octanol–water partition coefficient (Wildman–Crippen LogP) is 2.71. The van der Waals surface area contributed by atoms with Gasteiger partial charge in [0, 0.05) is 13.1 Å². The van der Waals surface area contributed by atoms with Gasteiger partial charge in [-0.25, -0.2) is 0 Å². The third kappa shape index (κ3) is 2.38. The second-order valence-electron chi connectivity index (χ2n) is 5.17. The largest absolute Gasteiger partial charge is 0.495 e. The maximum absolute atomic E-state index is 9.17. The summed E-state index contributed by atoms with van der Waals surface area (Å²) >= 11 is 0. The van der Waals surface area contributed by atoms with Crippen molar-refractivity contribution >= 4 is 11.4 Å². The van der Waals surface area contributed by atoms with E-state index in [0.29, 0.717) is 11.3 Å². The van der Waals surface area contributed by atoms with Crippen LogP contribution < -0.4 is 15.4 Å². The van der Waals surface area contributed by atoms with Gasteiger partial charge in [0.05, 0.1) is 24.0 Å². The number of hydrogen-bond donors (Lipinski definition) is 1. The van der Waals surface area contributed by atoms with E-state index in [2.05, 4.69) is 17.0 Å². The first kappa shape index (κ1) is 13.3. The van der Waals surface area contributed by atoms with E-state index >= 15 is 0 Å². The molecule has 0 unspecified atom stereocenters. The third-order valence-electron chi connectivity index (χ3n) is 3.88. The molecule has 4 heteroatoms. The Morgan fingerprint density at radius 1 is 1.33 bits per heavy atom. The number of rotatable bonds is 3. The molecule has 0 spiro atoms. The fourth-order valence-corrected chi connectivity index (χ4v) is 2.89. The van der Waals surface area contributed by atoms with Crippen molar-refractivity contribution in [3.05, 3.63) is 53.1 Å². The summed E-state index contributed by atoms with van der Waals surface area (Å²) in [6, 6.07) is 14.0. The van der Waals surface area contributed by atoms with Gasteiger partial charge in [-0.1, -0.05) is 18.2 Å². The number of methoxy groups -OCH3 is 1. The van der Waals surface area contributed by atoms with Crippen molar-refractivity contribution in [1.29, 1.82) is 5.26 Å². The molecule has 21 heavy (non-hydrogen) atoms. The summed E-state index contributed by atoms with van der Waals surface area (Å²) in [4.78, 5) is 2.27. The van der Waals surface area contributed by atoms with Gasteiger partial charge in [-0.3, -0.25) is 0 Å². The molecule has 0 radical (unpaired) electrons. The van der Waals surface area contributed by atoms with E-state index in [9.17, 15) is 5.26 Å². The van der Waals surface area contributed by atoms with Gasteiger partial charge in [-0.2, -0.15) is 5.26 Å². The number of nitrogen functional groups attached to an aromatic ring is 1. The van der Waals surface area contributed by atoms with Gasteiger partial charge in [0.25, 0.3) is 0 Å². The van der Waals surface area contributed by atoms with Crippen LogP contribution in [0.1, 0.15) is 16.7 Å². The van der Waals surface area contributed by atoms with Crippen LogP contribution in [0.2, 0.25) is 0 Å². The highest BCUT2D eigenvalue weighted by Crippen LogP contribution is 2.34. The van der Waals surface area contributed by atoms with Gasteiger partial charge in [-0.05, 0) is 35.7 Å². The lowest BCUT2D eigenvalue weighted by Crippen LogP contribution is -2.20. The summed E-state index contributed by atoms with van der Waals surface area (Å²) in [5.41, 5.74) is 11.0. The molecule has 3 rings (SSSR count). The van der Waals surface area contributed by atoms with Crippen molar-refractivity contribution in [1.82, 2.24) is 0 Å². The van der Waals surface area contributed by atoms with Crippen molar-refractivity contribution < 1.29 is 4.74 Å². The van der Waals surface area contributed by atoms with E-state index in [1.165, 1.54) is 5.56 Å². The minimum Gasteiger partial charge on any atom is -0.495 e. The molecule has 1 aliphatic rings. The van der Waals surface area contributed by atoms with Gasteiger partial charge < -0.3 is 15.4 Å². The minimum absolute atomic E-state index is 0.565. The first-order chi connectivity index (χ1) is 10.2. The van der Waals surface area contributed by atoms with Crippen molar-refractivity contribution in [3.63, 3.8) is 0 Å². The monoisotopic (exact) mass is 279 g/mol. The SMILES string of the molecule is COc1ccc(CN2CCc3cccc(N)c32)cc1C#N. The van der Waals surface area contributed by atoms with E-state index in [1.807, 2.05) is 30.3 Å². The highest BCUT2D eigenvalue weighted by atomic mass is 16.5. The highest BCUT2D eigenvalue weighted by molar-refractivity contribution is 5.74. The van der Waals surface area contributed by atoms with Crippen LogP contribution in [-0.2, 0) is 13.0 Å². The van der Waals surface area contributed by atoms with Crippen molar-refractivity contribution in [2.45, 2.75) is 13.0 Å². The molecule has 1 aliphatic heterocycles. The van der Waals surface area contributed by atoms with Gasteiger partial charge in [0.15, 0.2) is 0 Å². The summed E-state index contributed by atoms with van der Waals surface area (Å²) in [5.74, 6) is 0.614. The molecular weight excluding hydrogens is 262 g/mol. The molecule has 0 saturated heterocycles. The summed E-state index contributed by atoms with van der Waals surface area (Å²) in [6.07, 6.45) is 1.02. The van der Waals surface area contributed by atoms with Gasteiger partial charge in [-0.15, -0.1) is 0 Å². The topological polar surface area (TPSA) is 62.3 Å². The molecule has 0 aliphatic carbocycles. The van der Waals surface area contributed by atoms with Crippen molar-refractivity contribution in [2.75, 3.05) is 24.3 Å². The van der Waals surface area contributed by atoms with E-state index in [1.54, 1.807) is 7.11 Å². The van der Waals surface area contributed by atoms with Crippen LogP contribution in [-0.4, -0.2) is 13.7 Å². The Morgan fingerprint density at radius 2 is 2.19 bits per heavy atom. The van der Waals surface area contributed by atoms with Crippen LogP contribution in [0.4, 0.5) is 11.4 Å². The number of para-hydroxylation sites is 1. The number of benzene rings is 2. The van der Waals surface area contributed by atoms with Crippen molar-refractivity contribution in [3.8, 4) is 11.8 Å². The summed E-state index contributed by atoms with van der Waals surface area (Å²) in [5, 5.41) is 9.17. The molecule has 106 valence electrons. The number of fused-ring (bicyclic) bond motifs is 1. The maximum Gasteiger partial charge on any atom is 0.136 e. The van der Waals surface area contributed by atoms with Crippen LogP contribution in [0.3, 0.4) is 0 Å². The Kier molecular flexibility index (Phi) is 3.41. The van der Waals surface area contributed by atoms with Crippen molar-refractivity contribution in [2.24, 2.45) is 0 Å². The summed E-state index contributed by atoms with van der Waals surface area (Å²) in [6.45, 7) is 1.71. The number of nitrogens with two attached hydrogens (primary N) is 1. The molecule has 4 nitrogen and oxygen atoms in total. The maximum atomic E-state index is 9.17. The van der Waals surface area contributed by atoms with E-state index < -0.39 is 0 Å². The molecular formula is C17H17N3O. The van der Waals surface area contributed by atoms with Gasteiger partial charge in [0.2, 0.25) is 0 Å². The van der Waals surface area contributed by atoms with E-state index in [0.717, 1.165) is 36.4 Å². The standard InChI is InChI=1S/C17H17N3O/c1-21-16-6-5-12(9-14(16)10-18)11-20-8-7-13-3-2-4-15(19)17(13)20/h2-6,9H,7-8,11,19H2,1H3. The number of ether oxygens (including phenoxy) is 1. The zero-order valence-electron chi connectivity index (χ0n) is 12.0. The Hall–Kier alpha value is -2.67. The Balaban J connectivity index is 1.88. The second kappa shape index (κ2) is 5.37. The van der Waals surface area contributed by atoms with Gasteiger partial charge in [0.1, 0.15) is 11.8 Å². The molecule has 0 atom stereocenters. The zero-order chi connectivity index (χ0) is 14.8. The molecule has 2 N–H and O–H groups in total. The Bertz CT molecular complexity index is 718. The number of nitriles is 1. The molecule has 0 aromatic heterocycles. The minimum atomic E-state index is 0.565. The molecule has 0 bridgehead atoms. The Labute approximate surface area is 124 Å². The molecule has 0 fully saturated rings. The molecule has 2 aromatic carbocycles. The molecule has 0 amide bonds. The quantitative estimate of drug-likeness (QED) is 0.877.